The second kappa shape index (κ2) is 8.23. The highest BCUT2D eigenvalue weighted by Crippen LogP contribution is 2.25. The molecule has 2 aliphatic heterocycles. The molecule has 4 rings (SSSR count). The second-order valence-electron chi connectivity index (χ2n) is 7.19. The SMILES string of the molecule is O=C(c1ccc(N2CCCS2(=O)=O)cc1)N(Cc1cccs1)CC1CCCO1. The highest BCUT2D eigenvalue weighted by Gasteiger charge is 2.29. The quantitative estimate of drug-likeness (QED) is 0.720. The van der Waals surface area contributed by atoms with Gasteiger partial charge < -0.3 is 9.64 Å². The van der Waals surface area contributed by atoms with Gasteiger partial charge in [-0.25, -0.2) is 8.42 Å². The van der Waals surface area contributed by atoms with E-state index in [1.54, 1.807) is 35.6 Å². The number of benzene rings is 1. The lowest BCUT2D eigenvalue weighted by molar-refractivity contribution is 0.0509. The maximum atomic E-state index is 13.2. The summed E-state index contributed by atoms with van der Waals surface area (Å²) < 4.78 is 31.4. The van der Waals surface area contributed by atoms with Gasteiger partial charge in [-0.2, -0.15) is 0 Å². The lowest BCUT2D eigenvalue weighted by Gasteiger charge is -2.25. The first kappa shape index (κ1) is 19.4. The average Bonchev–Trinajstić information content (AvgIpc) is 3.43. The molecule has 0 radical (unpaired) electrons. The van der Waals surface area contributed by atoms with Gasteiger partial charge in [-0.3, -0.25) is 9.10 Å². The van der Waals surface area contributed by atoms with Gasteiger partial charge in [-0.05, 0) is 55.0 Å². The first-order chi connectivity index (χ1) is 13.5. The maximum absolute atomic E-state index is 13.2. The molecule has 0 aliphatic carbocycles. The Morgan fingerprint density at radius 1 is 1.21 bits per heavy atom. The normalized spacial score (nSPS) is 21.1. The van der Waals surface area contributed by atoms with Crippen LogP contribution in [0, 0.1) is 0 Å². The van der Waals surface area contributed by atoms with Crippen LogP contribution in [0.4, 0.5) is 5.69 Å². The summed E-state index contributed by atoms with van der Waals surface area (Å²) in [5.74, 6) is 0.128. The minimum Gasteiger partial charge on any atom is -0.376 e. The number of anilines is 1. The third-order valence-corrected chi connectivity index (χ3v) is 7.89. The van der Waals surface area contributed by atoms with Crippen LogP contribution in [-0.4, -0.2) is 50.8 Å². The van der Waals surface area contributed by atoms with Crippen LogP contribution < -0.4 is 4.31 Å². The number of thiophene rings is 1. The van der Waals surface area contributed by atoms with Crippen molar-refractivity contribution in [3.63, 3.8) is 0 Å². The first-order valence-electron chi connectivity index (χ1n) is 9.57. The van der Waals surface area contributed by atoms with E-state index in [0.29, 0.717) is 37.3 Å². The van der Waals surface area contributed by atoms with Crippen LogP contribution >= 0.6 is 11.3 Å². The summed E-state index contributed by atoms with van der Waals surface area (Å²) in [6, 6.07) is 10.9. The van der Waals surface area contributed by atoms with Crippen molar-refractivity contribution in [2.24, 2.45) is 0 Å². The van der Waals surface area contributed by atoms with Gasteiger partial charge in [0.25, 0.3) is 5.91 Å². The van der Waals surface area contributed by atoms with Crippen molar-refractivity contribution in [2.75, 3.05) is 29.8 Å². The summed E-state index contributed by atoms with van der Waals surface area (Å²) in [6.45, 7) is 2.38. The summed E-state index contributed by atoms with van der Waals surface area (Å²) in [4.78, 5) is 16.1. The molecule has 1 aromatic carbocycles. The van der Waals surface area contributed by atoms with Gasteiger partial charge in [-0.15, -0.1) is 11.3 Å². The molecule has 3 heterocycles. The monoisotopic (exact) mass is 420 g/mol. The number of nitrogens with zero attached hydrogens (tertiary/aromatic N) is 2. The molecule has 150 valence electrons. The molecule has 1 unspecified atom stereocenters. The zero-order chi connectivity index (χ0) is 19.6. The van der Waals surface area contributed by atoms with Crippen molar-refractivity contribution < 1.29 is 17.9 Å². The van der Waals surface area contributed by atoms with Crippen molar-refractivity contribution >= 4 is 33.0 Å². The fraction of sp³-hybridized carbons (Fsp3) is 0.450. The Balaban J connectivity index is 1.52. The molecule has 2 saturated heterocycles. The topological polar surface area (TPSA) is 66.9 Å². The predicted octanol–water partition coefficient (Wildman–Crippen LogP) is 3.11. The summed E-state index contributed by atoms with van der Waals surface area (Å²) in [7, 11) is -3.22. The molecular weight excluding hydrogens is 396 g/mol. The van der Waals surface area contributed by atoms with E-state index in [-0.39, 0.29) is 17.8 Å². The lowest BCUT2D eigenvalue weighted by atomic mass is 10.1. The molecule has 0 bridgehead atoms. The molecule has 2 aliphatic rings. The van der Waals surface area contributed by atoms with E-state index in [0.717, 1.165) is 24.3 Å². The van der Waals surface area contributed by atoms with Gasteiger partial charge in [0, 0.05) is 30.1 Å². The third kappa shape index (κ3) is 4.24. The summed E-state index contributed by atoms with van der Waals surface area (Å²) in [5, 5.41) is 2.01. The van der Waals surface area contributed by atoms with Crippen molar-refractivity contribution in [3.8, 4) is 0 Å². The molecule has 28 heavy (non-hydrogen) atoms. The molecule has 6 nitrogen and oxygen atoms in total. The number of rotatable bonds is 6. The van der Waals surface area contributed by atoms with E-state index < -0.39 is 10.0 Å². The lowest BCUT2D eigenvalue weighted by Crippen LogP contribution is -2.36. The van der Waals surface area contributed by atoms with E-state index >= 15 is 0 Å². The molecule has 0 saturated carbocycles. The Labute approximate surface area is 169 Å². The Morgan fingerprint density at radius 2 is 2.04 bits per heavy atom. The van der Waals surface area contributed by atoms with Gasteiger partial charge in [0.15, 0.2) is 0 Å². The number of ether oxygens (including phenoxy) is 1. The van der Waals surface area contributed by atoms with E-state index in [1.807, 2.05) is 22.4 Å². The number of sulfonamides is 1. The van der Waals surface area contributed by atoms with Gasteiger partial charge in [0.1, 0.15) is 0 Å². The zero-order valence-corrected chi connectivity index (χ0v) is 17.3. The molecule has 1 aromatic heterocycles. The summed E-state index contributed by atoms with van der Waals surface area (Å²) in [6.07, 6.45) is 2.72. The van der Waals surface area contributed by atoms with Crippen LogP contribution in [0.2, 0.25) is 0 Å². The van der Waals surface area contributed by atoms with E-state index in [9.17, 15) is 13.2 Å². The van der Waals surface area contributed by atoms with Crippen molar-refractivity contribution in [1.29, 1.82) is 0 Å². The van der Waals surface area contributed by atoms with Crippen LogP contribution in [-0.2, 0) is 21.3 Å². The number of carbonyl (C=O) groups is 1. The fourth-order valence-corrected chi connectivity index (χ4v) is 6.01. The Hall–Kier alpha value is -1.90. The minimum atomic E-state index is -3.22. The van der Waals surface area contributed by atoms with Crippen LogP contribution in [0.15, 0.2) is 41.8 Å². The predicted molar refractivity (Wildman–Crippen MR) is 110 cm³/mol. The first-order valence-corrected chi connectivity index (χ1v) is 12.1. The molecular formula is C20H24N2O4S2. The number of amides is 1. The summed E-state index contributed by atoms with van der Waals surface area (Å²) in [5.41, 5.74) is 1.19. The average molecular weight is 421 g/mol. The van der Waals surface area contributed by atoms with Crippen molar-refractivity contribution in [2.45, 2.75) is 31.9 Å². The molecule has 1 atom stereocenters. The molecule has 2 fully saturated rings. The van der Waals surface area contributed by atoms with E-state index in [2.05, 4.69) is 0 Å². The molecule has 2 aromatic rings. The van der Waals surface area contributed by atoms with Gasteiger partial charge in [0.2, 0.25) is 10.0 Å². The Kier molecular flexibility index (Phi) is 5.70. The Morgan fingerprint density at radius 3 is 2.64 bits per heavy atom. The molecule has 0 spiro atoms. The summed E-state index contributed by atoms with van der Waals surface area (Å²) >= 11 is 1.63. The zero-order valence-electron chi connectivity index (χ0n) is 15.6. The number of hydrogen-bond acceptors (Lipinski definition) is 5. The third-order valence-electron chi connectivity index (χ3n) is 5.16. The minimum absolute atomic E-state index is 0.0558. The Bertz CT molecular complexity index is 904. The maximum Gasteiger partial charge on any atom is 0.254 e. The van der Waals surface area contributed by atoms with Gasteiger partial charge in [0.05, 0.1) is 24.1 Å². The van der Waals surface area contributed by atoms with Crippen molar-refractivity contribution in [1.82, 2.24) is 4.90 Å². The second-order valence-corrected chi connectivity index (χ2v) is 10.2. The van der Waals surface area contributed by atoms with Crippen LogP contribution in [0.25, 0.3) is 0 Å². The molecule has 0 N–H and O–H groups in total. The van der Waals surface area contributed by atoms with Crippen LogP contribution in [0.5, 0.6) is 0 Å². The largest absolute Gasteiger partial charge is 0.376 e. The molecule has 8 heteroatoms. The number of hydrogen-bond donors (Lipinski definition) is 0. The highest BCUT2D eigenvalue weighted by atomic mass is 32.2. The standard InChI is InChI=1S/C20H24N2O4S2/c23-20(16-6-8-17(9-7-16)22-10-3-13-28(22,24)25)21(14-18-4-1-11-26-18)15-19-5-2-12-27-19/h2,5-9,12,18H,1,3-4,10-11,13-15H2. The molecule has 1 amide bonds. The highest BCUT2D eigenvalue weighted by molar-refractivity contribution is 7.93. The van der Waals surface area contributed by atoms with Gasteiger partial charge in [-0.1, -0.05) is 6.07 Å². The smallest absolute Gasteiger partial charge is 0.254 e. The van der Waals surface area contributed by atoms with Crippen LogP contribution in [0.1, 0.15) is 34.5 Å². The van der Waals surface area contributed by atoms with Crippen LogP contribution in [0.3, 0.4) is 0 Å². The van der Waals surface area contributed by atoms with Crippen molar-refractivity contribution in [3.05, 3.63) is 52.2 Å². The van der Waals surface area contributed by atoms with Gasteiger partial charge >= 0.3 is 0 Å². The van der Waals surface area contributed by atoms with E-state index in [1.165, 1.54) is 4.31 Å². The fourth-order valence-electron chi connectivity index (χ4n) is 3.73. The number of carbonyl (C=O) groups excluding carboxylic acids is 1. The van der Waals surface area contributed by atoms with E-state index in [4.69, 9.17) is 4.74 Å².